The zero-order valence-electron chi connectivity index (χ0n) is 13.7. The highest BCUT2D eigenvalue weighted by Gasteiger charge is 2.20. The molecule has 2 aliphatic heterocycles. The highest BCUT2D eigenvalue weighted by atomic mass is 16.5. The molecule has 1 aromatic carbocycles. The van der Waals surface area contributed by atoms with Gasteiger partial charge < -0.3 is 15.4 Å². The van der Waals surface area contributed by atoms with E-state index in [0.29, 0.717) is 6.54 Å². The molecule has 0 spiro atoms. The van der Waals surface area contributed by atoms with Gasteiger partial charge in [0.05, 0.1) is 13.2 Å². The summed E-state index contributed by atoms with van der Waals surface area (Å²) in [6.45, 7) is 7.19. The summed E-state index contributed by atoms with van der Waals surface area (Å²) in [6.07, 6.45) is 1.90. The maximum Gasteiger partial charge on any atom is 0.223 e. The molecule has 0 atom stereocenters. The lowest BCUT2D eigenvalue weighted by atomic mass is 9.97. The number of nitrogens with one attached hydrogen (secondary N) is 2. The molecule has 2 fully saturated rings. The van der Waals surface area contributed by atoms with E-state index >= 15 is 0 Å². The molecule has 5 heteroatoms. The standard InChI is InChI=1S/C18H27N3O2/c22-18(17-5-7-19-8-6-17)20-13-15-1-3-16(4-2-15)14-21-9-11-23-12-10-21/h1-4,17,19H,5-14H2,(H,20,22). The van der Waals surface area contributed by atoms with Crippen molar-refractivity contribution < 1.29 is 9.53 Å². The monoisotopic (exact) mass is 317 g/mol. The van der Waals surface area contributed by atoms with Gasteiger partial charge in [0.2, 0.25) is 5.91 Å². The molecule has 2 aliphatic rings. The fourth-order valence-electron chi connectivity index (χ4n) is 3.20. The number of benzene rings is 1. The average molecular weight is 317 g/mol. The molecule has 0 saturated carbocycles. The summed E-state index contributed by atoms with van der Waals surface area (Å²) in [4.78, 5) is 14.6. The van der Waals surface area contributed by atoms with E-state index in [1.807, 2.05) is 0 Å². The van der Waals surface area contributed by atoms with Crippen molar-refractivity contribution in [3.8, 4) is 0 Å². The summed E-state index contributed by atoms with van der Waals surface area (Å²) in [5, 5.41) is 6.37. The van der Waals surface area contributed by atoms with Crippen molar-refractivity contribution in [2.24, 2.45) is 5.92 Å². The number of nitrogens with zero attached hydrogens (tertiary/aromatic N) is 1. The molecule has 1 amide bonds. The van der Waals surface area contributed by atoms with Crippen LogP contribution < -0.4 is 10.6 Å². The first-order chi connectivity index (χ1) is 11.3. The maximum atomic E-state index is 12.1. The highest BCUT2D eigenvalue weighted by molar-refractivity contribution is 5.78. The van der Waals surface area contributed by atoms with E-state index in [-0.39, 0.29) is 11.8 Å². The van der Waals surface area contributed by atoms with Crippen LogP contribution in [0.3, 0.4) is 0 Å². The number of carbonyl (C=O) groups excluding carboxylic acids is 1. The van der Waals surface area contributed by atoms with E-state index in [1.165, 1.54) is 5.56 Å². The van der Waals surface area contributed by atoms with E-state index in [9.17, 15) is 4.79 Å². The molecule has 3 rings (SSSR count). The van der Waals surface area contributed by atoms with Crippen LogP contribution in [-0.4, -0.2) is 50.2 Å². The molecule has 2 N–H and O–H groups in total. The van der Waals surface area contributed by atoms with Crippen molar-refractivity contribution in [1.29, 1.82) is 0 Å². The molecule has 2 heterocycles. The molecule has 0 unspecified atom stereocenters. The zero-order valence-corrected chi connectivity index (χ0v) is 13.7. The Labute approximate surface area is 138 Å². The van der Waals surface area contributed by atoms with Crippen molar-refractivity contribution in [2.75, 3.05) is 39.4 Å². The van der Waals surface area contributed by atoms with Gasteiger partial charge in [-0.05, 0) is 37.1 Å². The first-order valence-corrected chi connectivity index (χ1v) is 8.67. The molecular formula is C18H27N3O2. The third-order valence-corrected chi connectivity index (χ3v) is 4.71. The van der Waals surface area contributed by atoms with Gasteiger partial charge in [-0.15, -0.1) is 0 Å². The molecule has 0 aliphatic carbocycles. The van der Waals surface area contributed by atoms with Gasteiger partial charge in [0.1, 0.15) is 0 Å². The molecule has 0 radical (unpaired) electrons. The summed E-state index contributed by atoms with van der Waals surface area (Å²) < 4.78 is 5.38. The van der Waals surface area contributed by atoms with E-state index < -0.39 is 0 Å². The van der Waals surface area contributed by atoms with Crippen LogP contribution in [0.1, 0.15) is 24.0 Å². The van der Waals surface area contributed by atoms with Crippen molar-refractivity contribution >= 4 is 5.91 Å². The van der Waals surface area contributed by atoms with Crippen LogP contribution in [0, 0.1) is 5.92 Å². The molecule has 0 aromatic heterocycles. The minimum absolute atomic E-state index is 0.178. The van der Waals surface area contributed by atoms with Gasteiger partial charge in [-0.25, -0.2) is 0 Å². The highest BCUT2D eigenvalue weighted by Crippen LogP contribution is 2.13. The number of carbonyl (C=O) groups is 1. The quantitative estimate of drug-likeness (QED) is 0.855. The average Bonchev–Trinajstić information content (AvgIpc) is 2.62. The number of hydrogen-bond donors (Lipinski definition) is 2. The number of rotatable bonds is 5. The Bertz CT molecular complexity index is 491. The van der Waals surface area contributed by atoms with Crippen LogP contribution >= 0.6 is 0 Å². The van der Waals surface area contributed by atoms with E-state index in [4.69, 9.17) is 4.74 Å². The fraction of sp³-hybridized carbons (Fsp3) is 0.611. The van der Waals surface area contributed by atoms with Crippen molar-refractivity contribution in [3.05, 3.63) is 35.4 Å². The second kappa shape index (κ2) is 8.43. The molecule has 2 saturated heterocycles. The van der Waals surface area contributed by atoms with Crippen molar-refractivity contribution in [3.63, 3.8) is 0 Å². The first-order valence-electron chi connectivity index (χ1n) is 8.67. The second-order valence-corrected chi connectivity index (χ2v) is 6.45. The summed E-state index contributed by atoms with van der Waals surface area (Å²) in [5.41, 5.74) is 2.48. The number of morpholine rings is 1. The van der Waals surface area contributed by atoms with Gasteiger partial charge in [-0.3, -0.25) is 9.69 Å². The summed E-state index contributed by atoms with van der Waals surface area (Å²) in [5.74, 6) is 0.376. The largest absolute Gasteiger partial charge is 0.379 e. The van der Waals surface area contributed by atoms with Crippen molar-refractivity contribution in [2.45, 2.75) is 25.9 Å². The Morgan fingerprint density at radius 2 is 1.78 bits per heavy atom. The maximum absolute atomic E-state index is 12.1. The SMILES string of the molecule is O=C(NCc1ccc(CN2CCOCC2)cc1)C1CCNCC1. The zero-order chi connectivity index (χ0) is 15.9. The van der Waals surface area contributed by atoms with E-state index in [0.717, 1.165) is 64.3 Å². The lowest BCUT2D eigenvalue weighted by molar-refractivity contribution is -0.125. The number of hydrogen-bond acceptors (Lipinski definition) is 4. The van der Waals surface area contributed by atoms with Gasteiger partial charge >= 0.3 is 0 Å². The fourth-order valence-corrected chi connectivity index (χ4v) is 3.20. The predicted molar refractivity (Wildman–Crippen MR) is 90.0 cm³/mol. The molecule has 126 valence electrons. The third kappa shape index (κ3) is 5.03. The molecule has 23 heavy (non-hydrogen) atoms. The second-order valence-electron chi connectivity index (χ2n) is 6.45. The minimum Gasteiger partial charge on any atom is -0.379 e. The molecule has 0 bridgehead atoms. The molecule has 5 nitrogen and oxygen atoms in total. The number of ether oxygens (including phenoxy) is 1. The minimum atomic E-state index is 0.178. The summed E-state index contributed by atoms with van der Waals surface area (Å²) in [6, 6.07) is 8.58. The van der Waals surface area contributed by atoms with Gasteiger partial charge in [-0.1, -0.05) is 24.3 Å². The Hall–Kier alpha value is -1.43. The normalized spacial score (nSPS) is 20.3. The summed E-state index contributed by atoms with van der Waals surface area (Å²) >= 11 is 0. The van der Waals surface area contributed by atoms with Gasteiger partial charge in [-0.2, -0.15) is 0 Å². The number of piperidine rings is 1. The van der Waals surface area contributed by atoms with Crippen LogP contribution in [0.25, 0.3) is 0 Å². The Morgan fingerprint density at radius 1 is 1.13 bits per heavy atom. The smallest absolute Gasteiger partial charge is 0.223 e. The molecular weight excluding hydrogens is 290 g/mol. The van der Waals surface area contributed by atoms with Gasteiger partial charge in [0.15, 0.2) is 0 Å². The van der Waals surface area contributed by atoms with Gasteiger partial charge in [0.25, 0.3) is 0 Å². The van der Waals surface area contributed by atoms with Crippen LogP contribution in [-0.2, 0) is 22.6 Å². The Balaban J connectivity index is 1.44. The van der Waals surface area contributed by atoms with Gasteiger partial charge in [0, 0.05) is 32.1 Å². The lowest BCUT2D eigenvalue weighted by Gasteiger charge is -2.26. The first kappa shape index (κ1) is 16.4. The molecule has 1 aromatic rings. The number of amides is 1. The predicted octanol–water partition coefficient (Wildman–Crippen LogP) is 1.13. The third-order valence-electron chi connectivity index (χ3n) is 4.71. The van der Waals surface area contributed by atoms with Crippen LogP contribution in [0.5, 0.6) is 0 Å². The lowest BCUT2D eigenvalue weighted by Crippen LogP contribution is -2.37. The van der Waals surface area contributed by atoms with Crippen LogP contribution in [0.2, 0.25) is 0 Å². The topological polar surface area (TPSA) is 53.6 Å². The van der Waals surface area contributed by atoms with E-state index in [1.54, 1.807) is 0 Å². The Morgan fingerprint density at radius 3 is 2.48 bits per heavy atom. The summed E-state index contributed by atoms with van der Waals surface area (Å²) in [7, 11) is 0. The van der Waals surface area contributed by atoms with Crippen LogP contribution in [0.4, 0.5) is 0 Å². The van der Waals surface area contributed by atoms with E-state index in [2.05, 4.69) is 39.8 Å². The van der Waals surface area contributed by atoms with Crippen molar-refractivity contribution in [1.82, 2.24) is 15.5 Å². The van der Waals surface area contributed by atoms with Crippen LogP contribution in [0.15, 0.2) is 24.3 Å². The Kier molecular flexibility index (Phi) is 6.02.